The van der Waals surface area contributed by atoms with Gasteiger partial charge in [0.25, 0.3) is 8.65 Å². The molecule has 0 aliphatic carbocycles. The molecule has 0 amide bonds. The summed E-state index contributed by atoms with van der Waals surface area (Å²) in [4.78, 5) is 0. The van der Waals surface area contributed by atoms with Crippen molar-refractivity contribution in [1.29, 1.82) is 0 Å². The second-order valence-corrected chi connectivity index (χ2v) is 3.03. The zero-order chi connectivity index (χ0) is 5.70. The number of rotatable bonds is 2. The van der Waals surface area contributed by atoms with Gasteiger partial charge in [-0.15, -0.1) is 0 Å². The van der Waals surface area contributed by atoms with Crippen LogP contribution >= 0.6 is 0 Å². The minimum absolute atomic E-state index is 0.727. The Bertz CT molecular complexity index is 70.1. The molecule has 0 bridgehead atoms. The summed E-state index contributed by atoms with van der Waals surface area (Å²) in [5.41, 5.74) is 0. The maximum Gasteiger partial charge on any atom is 0.265 e. The van der Waals surface area contributed by atoms with Gasteiger partial charge in [-0.2, -0.15) is 0 Å². The fourth-order valence-electron chi connectivity index (χ4n) is 0.214. The lowest BCUT2D eigenvalue weighted by molar-refractivity contribution is 0.410. The Hall–Kier alpha value is -0.313. The molecule has 0 radical (unpaired) electrons. The number of ether oxygens (including phenoxy) is 1. The quantitative estimate of drug-likeness (QED) is 0.484. The Morgan fingerprint density at radius 3 is 2.14 bits per heavy atom. The molecule has 0 aliphatic heterocycles. The topological polar surface area (TPSA) is 18.5 Å². The van der Waals surface area contributed by atoms with E-state index in [1.165, 1.54) is 0 Å². The van der Waals surface area contributed by atoms with Crippen molar-refractivity contribution in [2.45, 2.75) is 6.55 Å². The van der Waals surface area contributed by atoms with Gasteiger partial charge >= 0.3 is 0 Å². The lowest BCUT2D eigenvalue weighted by Gasteiger charge is -1.93. The van der Waals surface area contributed by atoms with Gasteiger partial charge in [-0.3, -0.25) is 0 Å². The highest BCUT2D eigenvalue weighted by Crippen LogP contribution is 1.65. The SMILES string of the molecule is CO/C=[Si](\C)OC. The lowest BCUT2D eigenvalue weighted by atomic mass is 11.5. The van der Waals surface area contributed by atoms with Crippen molar-refractivity contribution in [3.8, 4) is 0 Å². The molecule has 7 heavy (non-hydrogen) atoms. The molecule has 42 valence electrons. The second-order valence-electron chi connectivity index (χ2n) is 1.17. The summed E-state index contributed by atoms with van der Waals surface area (Å²) in [5.74, 6) is 1.73. The van der Waals surface area contributed by atoms with Crippen LogP contribution in [0.25, 0.3) is 0 Å². The number of methoxy groups -OCH3 is 1. The summed E-state index contributed by atoms with van der Waals surface area (Å²) < 4.78 is 9.60. The van der Waals surface area contributed by atoms with E-state index >= 15 is 0 Å². The Balaban J connectivity index is 3.29. The van der Waals surface area contributed by atoms with Crippen LogP contribution in [0.3, 0.4) is 0 Å². The summed E-state index contributed by atoms with van der Waals surface area (Å²) in [6.45, 7) is 2.01. The van der Waals surface area contributed by atoms with Crippen molar-refractivity contribution in [2.75, 3.05) is 14.2 Å². The van der Waals surface area contributed by atoms with Gasteiger partial charge in [0, 0.05) is 0 Å². The van der Waals surface area contributed by atoms with Crippen LogP contribution in [0.2, 0.25) is 6.55 Å². The average molecular weight is 118 g/mol. The first-order valence-corrected chi connectivity index (χ1v) is 4.03. The smallest absolute Gasteiger partial charge is 0.265 e. The molecule has 0 aliphatic rings. The Kier molecular flexibility index (Phi) is 3.69. The summed E-state index contributed by atoms with van der Waals surface area (Å²) in [6, 6.07) is 0. The van der Waals surface area contributed by atoms with E-state index in [2.05, 4.69) is 4.74 Å². The molecule has 0 unspecified atom stereocenters. The molecule has 0 saturated heterocycles. The van der Waals surface area contributed by atoms with Gasteiger partial charge in [0.15, 0.2) is 0 Å². The van der Waals surface area contributed by atoms with Crippen molar-refractivity contribution < 1.29 is 9.16 Å². The van der Waals surface area contributed by atoms with Crippen LogP contribution in [0.4, 0.5) is 0 Å². The molecule has 0 aromatic heterocycles. The zero-order valence-corrected chi connectivity index (χ0v) is 5.89. The van der Waals surface area contributed by atoms with Gasteiger partial charge < -0.3 is 9.16 Å². The molecule has 0 rings (SSSR count). The van der Waals surface area contributed by atoms with Crippen molar-refractivity contribution in [3.05, 3.63) is 0 Å². The highest BCUT2D eigenvalue weighted by molar-refractivity contribution is 6.57. The van der Waals surface area contributed by atoms with Gasteiger partial charge in [0.1, 0.15) is 0 Å². The van der Waals surface area contributed by atoms with Crippen LogP contribution in [0.1, 0.15) is 0 Å². The molecule has 0 saturated carbocycles. The fraction of sp³-hybridized carbons (Fsp3) is 0.750. The molecule has 0 heterocycles. The maximum absolute atomic E-state index is 4.91. The highest BCUT2D eigenvalue weighted by Gasteiger charge is 1.81. The van der Waals surface area contributed by atoms with E-state index in [0.717, 1.165) is 0 Å². The third-order valence-electron chi connectivity index (χ3n) is 0.606. The molecule has 3 heteroatoms. The van der Waals surface area contributed by atoms with Crippen LogP contribution < -0.4 is 0 Å². The van der Waals surface area contributed by atoms with E-state index in [9.17, 15) is 0 Å². The van der Waals surface area contributed by atoms with E-state index in [1.54, 1.807) is 20.1 Å². The summed E-state index contributed by atoms with van der Waals surface area (Å²) >= 11 is 0. The van der Waals surface area contributed by atoms with Crippen LogP contribution in [-0.4, -0.2) is 28.7 Å². The van der Waals surface area contributed by atoms with Crippen LogP contribution in [0.15, 0.2) is 0 Å². The van der Waals surface area contributed by atoms with E-state index < -0.39 is 8.65 Å². The molecular weight excluding hydrogens is 108 g/mol. The maximum atomic E-state index is 4.91. The molecule has 0 aromatic carbocycles. The first kappa shape index (κ1) is 6.69. The number of hydrogen-bond donors (Lipinski definition) is 0. The Labute approximate surface area is 45.4 Å². The van der Waals surface area contributed by atoms with Crippen LogP contribution in [0, 0.1) is 0 Å². The van der Waals surface area contributed by atoms with Gasteiger partial charge in [-0.25, -0.2) is 0 Å². The first-order valence-electron chi connectivity index (χ1n) is 2.04. The van der Waals surface area contributed by atoms with E-state index in [4.69, 9.17) is 4.43 Å². The largest absolute Gasteiger partial charge is 0.551 e. The van der Waals surface area contributed by atoms with E-state index in [0.29, 0.717) is 0 Å². The molecular formula is C4H10O2Si. The average Bonchev–Trinajstić information content (AvgIpc) is 1.68. The predicted molar refractivity (Wildman–Crippen MR) is 31.7 cm³/mol. The number of hydrogen-bond acceptors (Lipinski definition) is 2. The second kappa shape index (κ2) is 3.86. The Morgan fingerprint density at radius 1 is 1.43 bits per heavy atom. The van der Waals surface area contributed by atoms with Crippen LogP contribution in [0.5, 0.6) is 0 Å². The van der Waals surface area contributed by atoms with Gasteiger partial charge in [-0.1, -0.05) is 0 Å². The van der Waals surface area contributed by atoms with Gasteiger partial charge in [0.2, 0.25) is 0 Å². The summed E-state index contributed by atoms with van der Waals surface area (Å²) in [6.07, 6.45) is 0. The van der Waals surface area contributed by atoms with E-state index in [-0.39, 0.29) is 0 Å². The monoisotopic (exact) mass is 118 g/mol. The third-order valence-corrected chi connectivity index (χ3v) is 1.82. The fourth-order valence-corrected chi connectivity index (χ4v) is 0.642. The highest BCUT2D eigenvalue weighted by atomic mass is 28.3. The Morgan fingerprint density at radius 2 is 2.00 bits per heavy atom. The van der Waals surface area contributed by atoms with Crippen molar-refractivity contribution >= 4 is 14.5 Å². The molecule has 0 fully saturated rings. The molecule has 0 atom stereocenters. The third kappa shape index (κ3) is 3.52. The molecule has 0 spiro atoms. The van der Waals surface area contributed by atoms with Gasteiger partial charge in [0.05, 0.1) is 20.1 Å². The lowest BCUT2D eigenvalue weighted by Crippen LogP contribution is -2.02. The molecule has 0 N–H and O–H groups in total. The zero-order valence-electron chi connectivity index (χ0n) is 4.89. The summed E-state index contributed by atoms with van der Waals surface area (Å²) in [5, 5.41) is 0. The van der Waals surface area contributed by atoms with Crippen molar-refractivity contribution in [3.63, 3.8) is 0 Å². The van der Waals surface area contributed by atoms with E-state index in [1.807, 2.05) is 6.55 Å². The standard InChI is InChI=1S/C4H10O2Si/c1-5-4-7(3)6-2/h4H,1-3H3/b7-4+. The van der Waals surface area contributed by atoms with Crippen molar-refractivity contribution in [1.82, 2.24) is 0 Å². The summed E-state index contributed by atoms with van der Waals surface area (Å²) in [7, 11) is 2.59. The normalized spacial score (nSPS) is 11.0. The molecule has 0 aromatic rings. The van der Waals surface area contributed by atoms with Crippen molar-refractivity contribution in [2.24, 2.45) is 0 Å². The minimum atomic E-state index is -0.727. The first-order chi connectivity index (χ1) is 3.31. The molecule has 2 nitrogen and oxygen atoms in total. The van der Waals surface area contributed by atoms with Gasteiger partial charge in [-0.05, 0) is 6.55 Å². The minimum Gasteiger partial charge on any atom is -0.551 e. The predicted octanol–water partition coefficient (Wildman–Crippen LogP) is 0.242. The van der Waals surface area contributed by atoms with Crippen LogP contribution in [-0.2, 0) is 9.16 Å².